The molecule has 4 aromatic heterocycles. The second-order valence-corrected chi connectivity index (χ2v) is 12.8. The molecule has 0 atom stereocenters. The van der Waals surface area contributed by atoms with Gasteiger partial charge in [-0.25, -0.2) is 19.9 Å². The van der Waals surface area contributed by atoms with Gasteiger partial charge in [0.05, 0.1) is 16.7 Å². The van der Waals surface area contributed by atoms with E-state index in [0.29, 0.717) is 17.5 Å². The van der Waals surface area contributed by atoms with E-state index >= 15 is 0 Å². The molecule has 4 heterocycles. The topological polar surface area (TPSA) is 60.9 Å². The molecule has 0 radical (unpaired) electrons. The van der Waals surface area contributed by atoms with E-state index in [9.17, 15) is 0 Å². The van der Waals surface area contributed by atoms with Crippen molar-refractivity contribution in [3.63, 3.8) is 0 Å². The van der Waals surface area contributed by atoms with Crippen molar-refractivity contribution < 1.29 is 0 Å². The van der Waals surface area contributed by atoms with Gasteiger partial charge in [0.2, 0.25) is 0 Å². The summed E-state index contributed by atoms with van der Waals surface area (Å²) in [5, 5.41) is 2.30. The van der Waals surface area contributed by atoms with Crippen LogP contribution in [0.15, 0.2) is 182 Å². The maximum Gasteiger partial charge on any atom is 0.164 e. The average molecular weight is 667 g/mol. The molecule has 244 valence electrons. The van der Waals surface area contributed by atoms with Gasteiger partial charge in [-0.05, 0) is 47.5 Å². The summed E-state index contributed by atoms with van der Waals surface area (Å²) >= 11 is 0. The molecule has 0 aliphatic carbocycles. The molecule has 10 rings (SSSR count). The number of fused-ring (bicyclic) bond motifs is 4. The molecule has 0 saturated heterocycles. The molecule has 0 spiro atoms. The van der Waals surface area contributed by atoms with E-state index in [1.807, 2.05) is 85.1 Å². The Morgan fingerprint density at radius 1 is 0.365 bits per heavy atom. The second-order valence-electron chi connectivity index (χ2n) is 12.8. The van der Waals surface area contributed by atoms with Crippen LogP contribution in [0.4, 0.5) is 0 Å². The summed E-state index contributed by atoms with van der Waals surface area (Å²) in [5.74, 6) is 1.89. The highest BCUT2D eigenvalue weighted by Crippen LogP contribution is 2.38. The van der Waals surface area contributed by atoms with E-state index < -0.39 is 0 Å². The molecule has 52 heavy (non-hydrogen) atoms. The molecule has 10 aromatic rings. The van der Waals surface area contributed by atoms with Gasteiger partial charge in [0, 0.05) is 51.1 Å². The second kappa shape index (κ2) is 12.3. The first-order valence-corrected chi connectivity index (χ1v) is 17.3. The van der Waals surface area contributed by atoms with Crippen LogP contribution in [0.5, 0.6) is 0 Å². The summed E-state index contributed by atoms with van der Waals surface area (Å²) in [5.41, 5.74) is 11.2. The highest BCUT2D eigenvalue weighted by Gasteiger charge is 2.18. The van der Waals surface area contributed by atoms with Gasteiger partial charge in [-0.2, -0.15) is 0 Å². The maximum atomic E-state index is 5.05. The normalized spacial score (nSPS) is 11.5. The Morgan fingerprint density at radius 2 is 0.904 bits per heavy atom. The van der Waals surface area contributed by atoms with Crippen molar-refractivity contribution in [2.24, 2.45) is 0 Å². The van der Waals surface area contributed by atoms with Gasteiger partial charge in [-0.1, -0.05) is 133 Å². The van der Waals surface area contributed by atoms with E-state index in [4.69, 9.17) is 19.9 Å². The third-order valence-corrected chi connectivity index (χ3v) is 9.60. The van der Waals surface area contributed by atoms with Crippen molar-refractivity contribution in [2.45, 2.75) is 0 Å². The standard InChI is InChI=1S/C46H30N6/c1-4-13-31(14-5-1)34-19-12-20-37(27-34)52-41-28-35(40-30-51-26-11-10-21-43(51)47-40)22-24-38(41)39-25-23-36(29-42(39)52)46-49-44(32-15-6-2-7-16-32)48-45(50-46)33-17-8-3-9-18-33/h1-30H. The molecule has 0 N–H and O–H groups in total. The first kappa shape index (κ1) is 29.7. The zero-order chi connectivity index (χ0) is 34.4. The fourth-order valence-corrected chi connectivity index (χ4v) is 7.06. The van der Waals surface area contributed by atoms with Crippen molar-refractivity contribution in [1.82, 2.24) is 28.9 Å². The number of pyridine rings is 1. The highest BCUT2D eigenvalue weighted by atomic mass is 15.0. The predicted molar refractivity (Wildman–Crippen MR) is 210 cm³/mol. The molecule has 6 aromatic carbocycles. The third-order valence-electron chi connectivity index (χ3n) is 9.60. The fraction of sp³-hybridized carbons (Fsp3) is 0. The first-order chi connectivity index (χ1) is 25.7. The summed E-state index contributed by atoms with van der Waals surface area (Å²) in [4.78, 5) is 20.0. The molecule has 6 nitrogen and oxygen atoms in total. The van der Waals surface area contributed by atoms with Crippen molar-refractivity contribution in [3.05, 3.63) is 182 Å². The Labute approximate surface area is 300 Å². The van der Waals surface area contributed by atoms with Gasteiger partial charge in [-0.15, -0.1) is 0 Å². The molecule has 0 fully saturated rings. The summed E-state index contributed by atoms with van der Waals surface area (Å²) in [6, 6.07) is 58.7. The summed E-state index contributed by atoms with van der Waals surface area (Å²) in [6.07, 6.45) is 4.12. The van der Waals surface area contributed by atoms with Gasteiger partial charge in [0.25, 0.3) is 0 Å². The quantitative estimate of drug-likeness (QED) is 0.177. The van der Waals surface area contributed by atoms with Crippen LogP contribution in [0.3, 0.4) is 0 Å². The van der Waals surface area contributed by atoms with Crippen LogP contribution in [0.1, 0.15) is 0 Å². The van der Waals surface area contributed by atoms with Crippen molar-refractivity contribution in [2.75, 3.05) is 0 Å². The molecule has 0 bridgehead atoms. The summed E-state index contributed by atoms with van der Waals surface area (Å²) in [6.45, 7) is 0. The van der Waals surface area contributed by atoms with Crippen LogP contribution < -0.4 is 0 Å². The van der Waals surface area contributed by atoms with Crippen LogP contribution in [0, 0.1) is 0 Å². The summed E-state index contributed by atoms with van der Waals surface area (Å²) in [7, 11) is 0. The Bertz CT molecular complexity index is 2800. The number of aromatic nitrogens is 6. The molecule has 0 saturated carbocycles. The van der Waals surface area contributed by atoms with Crippen molar-refractivity contribution in [3.8, 4) is 62.2 Å². The Kier molecular flexibility index (Phi) is 7.03. The van der Waals surface area contributed by atoms with E-state index in [0.717, 1.165) is 66.7 Å². The predicted octanol–water partition coefficient (Wildman–Crippen LogP) is 11.0. The molecule has 6 heteroatoms. The maximum absolute atomic E-state index is 5.05. The van der Waals surface area contributed by atoms with E-state index in [1.165, 1.54) is 5.56 Å². The minimum absolute atomic E-state index is 0.620. The van der Waals surface area contributed by atoms with Crippen LogP contribution >= 0.6 is 0 Å². The zero-order valence-electron chi connectivity index (χ0n) is 28.0. The lowest BCUT2D eigenvalue weighted by atomic mass is 10.1. The Balaban J connectivity index is 1.21. The number of nitrogens with zero attached hydrogens (tertiary/aromatic N) is 6. The van der Waals surface area contributed by atoms with Crippen LogP contribution in [-0.2, 0) is 0 Å². The lowest BCUT2D eigenvalue weighted by Gasteiger charge is -2.12. The molecule has 0 amide bonds. The number of hydrogen-bond donors (Lipinski definition) is 0. The van der Waals surface area contributed by atoms with Gasteiger partial charge < -0.3 is 8.97 Å². The highest BCUT2D eigenvalue weighted by molar-refractivity contribution is 6.11. The van der Waals surface area contributed by atoms with Gasteiger partial charge in [0.1, 0.15) is 5.65 Å². The van der Waals surface area contributed by atoms with Gasteiger partial charge >= 0.3 is 0 Å². The van der Waals surface area contributed by atoms with Crippen molar-refractivity contribution in [1.29, 1.82) is 0 Å². The summed E-state index contributed by atoms with van der Waals surface area (Å²) < 4.78 is 4.42. The van der Waals surface area contributed by atoms with E-state index in [2.05, 4.69) is 106 Å². The lowest BCUT2D eigenvalue weighted by molar-refractivity contribution is 1.07. The fourth-order valence-electron chi connectivity index (χ4n) is 7.06. The zero-order valence-corrected chi connectivity index (χ0v) is 28.0. The molecule has 0 aliphatic rings. The largest absolute Gasteiger partial charge is 0.309 e. The third kappa shape index (κ3) is 5.22. The van der Waals surface area contributed by atoms with E-state index in [-0.39, 0.29) is 0 Å². The molecule has 0 unspecified atom stereocenters. The van der Waals surface area contributed by atoms with E-state index in [1.54, 1.807) is 0 Å². The smallest absolute Gasteiger partial charge is 0.164 e. The number of rotatable bonds is 6. The van der Waals surface area contributed by atoms with Gasteiger partial charge in [0.15, 0.2) is 17.5 Å². The van der Waals surface area contributed by atoms with Crippen molar-refractivity contribution >= 4 is 27.5 Å². The molecular weight excluding hydrogens is 637 g/mol. The SMILES string of the molecule is c1ccc(-c2cccc(-n3c4cc(-c5cn6ccccc6n5)ccc4c4ccc(-c5nc(-c6ccccc6)nc(-c6ccccc6)n5)cc43)c2)cc1. The minimum Gasteiger partial charge on any atom is -0.309 e. The monoisotopic (exact) mass is 666 g/mol. The van der Waals surface area contributed by atoms with Crippen LogP contribution in [0.25, 0.3) is 89.7 Å². The number of hydrogen-bond acceptors (Lipinski definition) is 4. The minimum atomic E-state index is 0.620. The van der Waals surface area contributed by atoms with Crippen LogP contribution in [-0.4, -0.2) is 28.9 Å². The first-order valence-electron chi connectivity index (χ1n) is 17.3. The Hall–Kier alpha value is -7.18. The van der Waals surface area contributed by atoms with Gasteiger partial charge in [-0.3, -0.25) is 0 Å². The molecule has 0 aliphatic heterocycles. The lowest BCUT2D eigenvalue weighted by Crippen LogP contribution is -2.00. The number of imidazole rings is 1. The Morgan fingerprint density at radius 3 is 1.54 bits per heavy atom. The van der Waals surface area contributed by atoms with Crippen LogP contribution in [0.2, 0.25) is 0 Å². The average Bonchev–Trinajstić information content (AvgIpc) is 3.81. The number of benzene rings is 6. The molecular formula is C46H30N6.